The Kier molecular flexibility index (Phi) is 7.17. The Hall–Kier alpha value is -2.15. The van der Waals surface area contributed by atoms with Crippen LogP contribution in [-0.2, 0) is 4.79 Å². The quantitative estimate of drug-likeness (QED) is 0.423. The monoisotopic (exact) mass is 295 g/mol. The van der Waals surface area contributed by atoms with Gasteiger partial charge in [-0.05, 0) is 26.0 Å². The van der Waals surface area contributed by atoms with Crippen LogP contribution in [0.3, 0.4) is 0 Å². The van der Waals surface area contributed by atoms with E-state index < -0.39 is 4.92 Å². The molecule has 21 heavy (non-hydrogen) atoms. The van der Waals surface area contributed by atoms with E-state index in [0.29, 0.717) is 32.0 Å². The van der Waals surface area contributed by atoms with Crippen molar-refractivity contribution in [2.24, 2.45) is 0 Å². The van der Waals surface area contributed by atoms with Crippen molar-refractivity contribution >= 4 is 11.6 Å². The Morgan fingerprint density at radius 2 is 1.90 bits per heavy atom. The van der Waals surface area contributed by atoms with E-state index in [2.05, 4.69) is 5.32 Å². The van der Waals surface area contributed by atoms with E-state index in [9.17, 15) is 14.9 Å². The number of likely N-dealkylation sites (N-methyl/N-ethyl adjacent to an activating group) is 1. The van der Waals surface area contributed by atoms with E-state index >= 15 is 0 Å². The Bertz CT molecular complexity index is 458. The van der Waals surface area contributed by atoms with Crippen LogP contribution in [0.2, 0.25) is 0 Å². The molecule has 0 saturated heterocycles. The fourth-order valence-corrected chi connectivity index (χ4v) is 1.79. The summed E-state index contributed by atoms with van der Waals surface area (Å²) >= 11 is 0. The second kappa shape index (κ2) is 8.91. The van der Waals surface area contributed by atoms with Gasteiger partial charge in [0.2, 0.25) is 5.91 Å². The molecule has 0 aliphatic heterocycles. The normalized spacial score (nSPS) is 10.2. The van der Waals surface area contributed by atoms with Gasteiger partial charge in [0, 0.05) is 31.8 Å². The lowest BCUT2D eigenvalue weighted by atomic mass is 10.3. The molecule has 116 valence electrons. The number of nitrogens with one attached hydrogen (secondary N) is 1. The molecule has 7 nitrogen and oxygen atoms in total. The first-order chi connectivity index (χ1) is 10.1. The van der Waals surface area contributed by atoms with Crippen LogP contribution in [-0.4, -0.2) is 48.5 Å². The average Bonchev–Trinajstić information content (AvgIpc) is 2.48. The first-order valence-corrected chi connectivity index (χ1v) is 6.94. The van der Waals surface area contributed by atoms with Crippen molar-refractivity contribution in [3.8, 4) is 5.75 Å². The fraction of sp³-hybridized carbons (Fsp3) is 0.500. The highest BCUT2D eigenvalue weighted by Gasteiger charge is 2.08. The summed E-state index contributed by atoms with van der Waals surface area (Å²) in [6.45, 7) is 6.50. The maximum atomic E-state index is 11.7. The van der Waals surface area contributed by atoms with Gasteiger partial charge in [-0.1, -0.05) is 0 Å². The zero-order valence-electron chi connectivity index (χ0n) is 12.4. The Labute approximate surface area is 124 Å². The van der Waals surface area contributed by atoms with Crippen LogP contribution in [0.1, 0.15) is 13.8 Å². The molecule has 0 unspecified atom stereocenters. The summed E-state index contributed by atoms with van der Waals surface area (Å²) in [5.74, 6) is 0.632. The van der Waals surface area contributed by atoms with Crippen LogP contribution < -0.4 is 10.1 Å². The first kappa shape index (κ1) is 16.9. The van der Waals surface area contributed by atoms with Crippen LogP contribution in [0.25, 0.3) is 0 Å². The van der Waals surface area contributed by atoms with E-state index in [1.54, 1.807) is 17.0 Å². The highest BCUT2D eigenvalue weighted by Crippen LogP contribution is 2.16. The number of ether oxygens (including phenoxy) is 1. The molecule has 7 heteroatoms. The summed E-state index contributed by atoms with van der Waals surface area (Å²) in [6.07, 6.45) is 0. The Morgan fingerprint density at radius 1 is 1.29 bits per heavy atom. The molecular weight excluding hydrogens is 274 g/mol. The molecule has 0 atom stereocenters. The minimum Gasteiger partial charge on any atom is -0.492 e. The number of nitro benzene ring substituents is 1. The van der Waals surface area contributed by atoms with Crippen molar-refractivity contribution in [1.82, 2.24) is 10.2 Å². The third-order valence-electron chi connectivity index (χ3n) is 2.99. The molecule has 1 amide bonds. The van der Waals surface area contributed by atoms with Gasteiger partial charge in [-0.25, -0.2) is 0 Å². The van der Waals surface area contributed by atoms with E-state index in [1.165, 1.54) is 12.1 Å². The molecule has 0 spiro atoms. The maximum Gasteiger partial charge on any atom is 0.269 e. The van der Waals surface area contributed by atoms with Gasteiger partial charge in [-0.2, -0.15) is 0 Å². The SMILES string of the molecule is CCN(CC)C(=O)CNCCOc1ccc([N+](=O)[O-])cc1. The van der Waals surface area contributed by atoms with Gasteiger partial charge >= 0.3 is 0 Å². The first-order valence-electron chi connectivity index (χ1n) is 6.94. The number of carbonyl (C=O) groups excluding carboxylic acids is 1. The molecule has 1 N–H and O–H groups in total. The molecule has 1 aromatic rings. The van der Waals surface area contributed by atoms with Crippen molar-refractivity contribution < 1.29 is 14.5 Å². The summed E-state index contributed by atoms with van der Waals surface area (Å²) in [6, 6.07) is 5.90. The van der Waals surface area contributed by atoms with Crippen LogP contribution in [0.4, 0.5) is 5.69 Å². The van der Waals surface area contributed by atoms with Gasteiger partial charge in [0.05, 0.1) is 11.5 Å². The zero-order chi connectivity index (χ0) is 15.7. The third-order valence-corrected chi connectivity index (χ3v) is 2.99. The number of benzene rings is 1. The second-order valence-electron chi connectivity index (χ2n) is 4.34. The number of carbonyl (C=O) groups is 1. The zero-order valence-corrected chi connectivity index (χ0v) is 12.4. The molecule has 0 fully saturated rings. The number of hydrogen-bond acceptors (Lipinski definition) is 5. The fourth-order valence-electron chi connectivity index (χ4n) is 1.79. The Balaban J connectivity index is 2.22. The van der Waals surface area contributed by atoms with Crippen molar-refractivity contribution in [3.63, 3.8) is 0 Å². The average molecular weight is 295 g/mol. The lowest BCUT2D eigenvalue weighted by molar-refractivity contribution is -0.384. The lowest BCUT2D eigenvalue weighted by Gasteiger charge is -2.18. The van der Waals surface area contributed by atoms with Crippen molar-refractivity contribution in [1.29, 1.82) is 0 Å². The summed E-state index contributed by atoms with van der Waals surface area (Å²) in [7, 11) is 0. The van der Waals surface area contributed by atoms with Crippen LogP contribution in [0, 0.1) is 10.1 Å². The molecule has 0 bridgehead atoms. The number of amides is 1. The molecule has 0 aromatic heterocycles. The molecular formula is C14H21N3O4. The topological polar surface area (TPSA) is 84.7 Å². The minimum atomic E-state index is -0.454. The van der Waals surface area contributed by atoms with Crippen molar-refractivity contribution in [3.05, 3.63) is 34.4 Å². The van der Waals surface area contributed by atoms with Gasteiger partial charge < -0.3 is 15.0 Å². The van der Waals surface area contributed by atoms with Gasteiger partial charge in [0.1, 0.15) is 12.4 Å². The summed E-state index contributed by atoms with van der Waals surface area (Å²) < 4.78 is 5.43. The highest BCUT2D eigenvalue weighted by atomic mass is 16.6. The summed E-state index contributed by atoms with van der Waals surface area (Å²) in [5, 5.41) is 13.5. The summed E-state index contributed by atoms with van der Waals surface area (Å²) in [5.41, 5.74) is 0.0327. The van der Waals surface area contributed by atoms with Crippen LogP contribution in [0.5, 0.6) is 5.75 Å². The van der Waals surface area contributed by atoms with Crippen LogP contribution >= 0.6 is 0 Å². The van der Waals surface area contributed by atoms with Crippen molar-refractivity contribution in [2.45, 2.75) is 13.8 Å². The molecule has 0 aliphatic carbocycles. The molecule has 1 rings (SSSR count). The minimum absolute atomic E-state index is 0.0327. The van der Waals surface area contributed by atoms with Gasteiger partial charge in [-0.15, -0.1) is 0 Å². The Morgan fingerprint density at radius 3 is 2.43 bits per heavy atom. The van der Waals surface area contributed by atoms with E-state index in [4.69, 9.17) is 4.74 Å². The highest BCUT2D eigenvalue weighted by molar-refractivity contribution is 5.78. The standard InChI is InChI=1S/C14H21N3O4/c1-3-16(4-2)14(18)11-15-9-10-21-13-7-5-12(6-8-13)17(19)20/h5-8,15H,3-4,9-11H2,1-2H3. The summed E-state index contributed by atoms with van der Waals surface area (Å²) in [4.78, 5) is 23.5. The maximum absolute atomic E-state index is 11.7. The van der Waals surface area contributed by atoms with E-state index in [-0.39, 0.29) is 18.1 Å². The molecule has 1 aromatic carbocycles. The molecule has 0 heterocycles. The predicted octanol–water partition coefficient (Wildman–Crippen LogP) is 1.43. The van der Waals surface area contributed by atoms with Gasteiger partial charge in [-0.3, -0.25) is 14.9 Å². The molecule has 0 aliphatic rings. The number of nitrogens with zero attached hydrogens (tertiary/aromatic N) is 2. The van der Waals surface area contributed by atoms with E-state index in [0.717, 1.165) is 0 Å². The molecule has 0 radical (unpaired) electrons. The van der Waals surface area contributed by atoms with Gasteiger partial charge in [0.15, 0.2) is 0 Å². The molecule has 0 saturated carbocycles. The predicted molar refractivity (Wildman–Crippen MR) is 79.4 cm³/mol. The van der Waals surface area contributed by atoms with E-state index in [1.807, 2.05) is 13.8 Å². The largest absolute Gasteiger partial charge is 0.492 e. The van der Waals surface area contributed by atoms with Gasteiger partial charge in [0.25, 0.3) is 5.69 Å². The lowest BCUT2D eigenvalue weighted by Crippen LogP contribution is -2.39. The smallest absolute Gasteiger partial charge is 0.269 e. The van der Waals surface area contributed by atoms with Crippen molar-refractivity contribution in [2.75, 3.05) is 32.8 Å². The second-order valence-corrected chi connectivity index (χ2v) is 4.34. The number of non-ortho nitro benzene ring substituents is 1. The number of rotatable bonds is 9. The van der Waals surface area contributed by atoms with Crippen LogP contribution in [0.15, 0.2) is 24.3 Å². The number of hydrogen-bond donors (Lipinski definition) is 1. The third kappa shape index (κ3) is 5.78. The number of nitro groups is 1.